The standard InChI is InChI=1S/C22H23FN4O5/c1-12(2)14(22(32)26-16(8-21(30)31)19(28)9-23)7-20(29)27-17-6-4-3-5-13(17)15-10-24-25-11-18(15)27/h3-6,10-12,14,16H,7-9H2,1-2H3,(H,26,32)(H,30,31)/t14-,16?/m1/s1. The van der Waals surface area contributed by atoms with Crippen molar-refractivity contribution in [2.75, 3.05) is 6.67 Å². The number of carbonyl (C=O) groups excluding carboxylic acids is 3. The zero-order valence-corrected chi connectivity index (χ0v) is 17.6. The average molecular weight is 442 g/mol. The van der Waals surface area contributed by atoms with Crippen molar-refractivity contribution in [1.82, 2.24) is 20.1 Å². The van der Waals surface area contributed by atoms with Crippen LogP contribution in [0.3, 0.4) is 0 Å². The Balaban J connectivity index is 1.91. The molecule has 2 aromatic heterocycles. The average Bonchev–Trinajstić information content (AvgIpc) is 3.10. The minimum Gasteiger partial charge on any atom is -0.481 e. The molecule has 0 fully saturated rings. The topological polar surface area (TPSA) is 131 Å². The highest BCUT2D eigenvalue weighted by molar-refractivity contribution is 6.13. The summed E-state index contributed by atoms with van der Waals surface area (Å²) in [4.78, 5) is 48.9. The number of ketones is 1. The van der Waals surface area contributed by atoms with Crippen molar-refractivity contribution >= 4 is 45.4 Å². The van der Waals surface area contributed by atoms with Crippen LogP contribution < -0.4 is 5.32 Å². The lowest BCUT2D eigenvalue weighted by atomic mass is 9.90. The van der Waals surface area contributed by atoms with Gasteiger partial charge < -0.3 is 10.4 Å². The predicted molar refractivity (Wildman–Crippen MR) is 114 cm³/mol. The number of aliphatic carboxylic acids is 1. The summed E-state index contributed by atoms with van der Waals surface area (Å²) >= 11 is 0. The molecule has 2 heterocycles. The van der Waals surface area contributed by atoms with Crippen molar-refractivity contribution in [3.63, 3.8) is 0 Å². The molecule has 0 saturated heterocycles. The summed E-state index contributed by atoms with van der Waals surface area (Å²) in [5.74, 6) is -4.60. The minimum absolute atomic E-state index is 0.205. The first kappa shape index (κ1) is 23.0. The molecule has 1 amide bonds. The molecule has 9 nitrogen and oxygen atoms in total. The van der Waals surface area contributed by atoms with Gasteiger partial charge in [-0.3, -0.25) is 23.7 Å². The molecule has 2 atom stereocenters. The molecule has 0 radical (unpaired) electrons. The number of rotatable bonds is 9. The fraction of sp³-hybridized carbons (Fsp3) is 0.364. The number of fused-ring (bicyclic) bond motifs is 3. The highest BCUT2D eigenvalue weighted by atomic mass is 19.1. The first-order valence-electron chi connectivity index (χ1n) is 10.1. The fourth-order valence-electron chi connectivity index (χ4n) is 3.70. The highest BCUT2D eigenvalue weighted by Gasteiger charge is 2.31. The van der Waals surface area contributed by atoms with Crippen LogP contribution in [0.4, 0.5) is 4.39 Å². The molecular formula is C22H23FN4O5. The molecule has 0 aliphatic carbocycles. The van der Waals surface area contributed by atoms with E-state index >= 15 is 0 Å². The summed E-state index contributed by atoms with van der Waals surface area (Å²) in [7, 11) is 0. The van der Waals surface area contributed by atoms with Gasteiger partial charge >= 0.3 is 5.97 Å². The second-order valence-electron chi connectivity index (χ2n) is 7.85. The van der Waals surface area contributed by atoms with Gasteiger partial charge in [0.05, 0.1) is 29.8 Å². The molecule has 0 bridgehead atoms. The molecule has 2 N–H and O–H groups in total. The number of nitrogens with one attached hydrogen (secondary N) is 1. The van der Waals surface area contributed by atoms with Gasteiger partial charge in [0.25, 0.3) is 0 Å². The van der Waals surface area contributed by atoms with E-state index in [0.29, 0.717) is 11.0 Å². The summed E-state index contributed by atoms with van der Waals surface area (Å²) in [5.41, 5.74) is 1.19. The Hall–Kier alpha value is -3.69. The van der Waals surface area contributed by atoms with E-state index in [9.17, 15) is 23.6 Å². The largest absolute Gasteiger partial charge is 0.481 e. The number of hydrogen-bond acceptors (Lipinski definition) is 6. The van der Waals surface area contributed by atoms with E-state index in [1.807, 2.05) is 12.1 Å². The molecular weight excluding hydrogens is 419 g/mol. The Morgan fingerprint density at radius 2 is 1.72 bits per heavy atom. The van der Waals surface area contributed by atoms with Gasteiger partial charge in [0.1, 0.15) is 12.7 Å². The van der Waals surface area contributed by atoms with E-state index in [-0.39, 0.29) is 18.2 Å². The first-order chi connectivity index (χ1) is 15.2. The molecule has 32 heavy (non-hydrogen) atoms. The Morgan fingerprint density at radius 1 is 1.03 bits per heavy atom. The lowest BCUT2D eigenvalue weighted by Crippen LogP contribution is -2.47. The van der Waals surface area contributed by atoms with E-state index in [0.717, 1.165) is 10.8 Å². The fourth-order valence-corrected chi connectivity index (χ4v) is 3.70. The zero-order chi connectivity index (χ0) is 23.4. The van der Waals surface area contributed by atoms with Crippen molar-refractivity contribution in [3.8, 4) is 0 Å². The number of halogens is 1. The molecule has 3 aromatic rings. The minimum atomic E-state index is -1.50. The van der Waals surface area contributed by atoms with E-state index in [2.05, 4.69) is 15.5 Å². The van der Waals surface area contributed by atoms with E-state index in [1.165, 1.54) is 10.8 Å². The van der Waals surface area contributed by atoms with E-state index in [4.69, 9.17) is 5.11 Å². The Kier molecular flexibility index (Phi) is 6.92. The summed E-state index contributed by atoms with van der Waals surface area (Å²) in [6, 6.07) is 5.77. The van der Waals surface area contributed by atoms with Crippen LogP contribution in [0, 0.1) is 11.8 Å². The van der Waals surface area contributed by atoms with Crippen molar-refractivity contribution in [2.45, 2.75) is 32.7 Å². The maximum Gasteiger partial charge on any atom is 0.305 e. The maximum atomic E-state index is 13.3. The van der Waals surface area contributed by atoms with Crippen LogP contribution in [0.15, 0.2) is 36.7 Å². The molecule has 0 aliphatic heterocycles. The number of nitrogens with zero attached hydrogens (tertiary/aromatic N) is 3. The smallest absolute Gasteiger partial charge is 0.305 e. The number of carbonyl (C=O) groups is 4. The Morgan fingerprint density at radius 3 is 2.38 bits per heavy atom. The van der Waals surface area contributed by atoms with E-state index in [1.54, 1.807) is 32.2 Å². The van der Waals surface area contributed by atoms with Crippen molar-refractivity contribution < 1.29 is 28.7 Å². The Labute approximate surface area is 182 Å². The first-order valence-corrected chi connectivity index (χ1v) is 10.1. The number of aromatic nitrogens is 3. The van der Waals surface area contributed by atoms with Gasteiger partial charge in [-0.1, -0.05) is 32.0 Å². The number of benzene rings is 1. The second kappa shape index (κ2) is 9.63. The molecule has 3 rings (SSSR count). The summed E-state index contributed by atoms with van der Waals surface area (Å²) < 4.78 is 14.3. The normalized spacial score (nSPS) is 13.2. The van der Waals surface area contributed by atoms with Crippen LogP contribution in [0.5, 0.6) is 0 Å². The summed E-state index contributed by atoms with van der Waals surface area (Å²) in [6.07, 6.45) is 2.09. The molecule has 0 spiro atoms. The molecule has 168 valence electrons. The van der Waals surface area contributed by atoms with Gasteiger partial charge in [-0.25, -0.2) is 4.39 Å². The number of hydrogen-bond donors (Lipinski definition) is 2. The van der Waals surface area contributed by atoms with Crippen LogP contribution in [0.2, 0.25) is 0 Å². The third kappa shape index (κ3) is 4.63. The second-order valence-corrected chi connectivity index (χ2v) is 7.85. The molecule has 10 heteroatoms. The molecule has 0 saturated carbocycles. The lowest BCUT2D eigenvalue weighted by Gasteiger charge is -2.23. The number of alkyl halides is 1. The van der Waals surface area contributed by atoms with Crippen molar-refractivity contribution in [2.24, 2.45) is 11.8 Å². The van der Waals surface area contributed by atoms with Gasteiger partial charge in [-0.15, -0.1) is 0 Å². The van der Waals surface area contributed by atoms with Gasteiger partial charge in [0.15, 0.2) is 5.78 Å². The quantitative estimate of drug-likeness (QED) is 0.520. The van der Waals surface area contributed by atoms with Crippen LogP contribution in [-0.2, 0) is 14.4 Å². The predicted octanol–water partition coefficient (Wildman–Crippen LogP) is 2.39. The van der Waals surface area contributed by atoms with Gasteiger partial charge in [0.2, 0.25) is 11.8 Å². The highest BCUT2D eigenvalue weighted by Crippen LogP contribution is 2.29. The van der Waals surface area contributed by atoms with Crippen LogP contribution in [0.1, 0.15) is 31.5 Å². The third-order valence-electron chi connectivity index (χ3n) is 5.39. The zero-order valence-electron chi connectivity index (χ0n) is 17.6. The monoisotopic (exact) mass is 442 g/mol. The number of carboxylic acid groups (broad SMARTS) is 1. The van der Waals surface area contributed by atoms with Crippen molar-refractivity contribution in [3.05, 3.63) is 36.7 Å². The summed E-state index contributed by atoms with van der Waals surface area (Å²) in [5, 5.41) is 20.6. The van der Waals surface area contributed by atoms with Crippen molar-refractivity contribution in [1.29, 1.82) is 0 Å². The Bertz CT molecular complexity index is 1140. The van der Waals surface area contributed by atoms with E-state index < -0.39 is 42.7 Å². The van der Waals surface area contributed by atoms with Gasteiger partial charge in [-0.05, 0) is 12.0 Å². The SMILES string of the molecule is CC(C)[C@@H](CC(=O)n1c2ccccc2c2cnncc21)C(=O)NC(CC(=O)O)C(=O)CF. The molecule has 0 aliphatic rings. The van der Waals surface area contributed by atoms with Crippen LogP contribution in [-0.4, -0.2) is 56.2 Å². The van der Waals surface area contributed by atoms with Crippen LogP contribution in [0.25, 0.3) is 21.8 Å². The number of para-hydroxylation sites is 1. The lowest BCUT2D eigenvalue weighted by molar-refractivity contribution is -0.140. The number of carboxylic acids is 1. The third-order valence-corrected chi connectivity index (χ3v) is 5.39. The maximum absolute atomic E-state index is 13.3. The molecule has 1 unspecified atom stereocenters. The van der Waals surface area contributed by atoms with Gasteiger partial charge in [-0.2, -0.15) is 10.2 Å². The molecule has 1 aromatic carbocycles. The van der Waals surface area contributed by atoms with Crippen LogP contribution >= 0.6 is 0 Å². The number of amides is 1. The summed E-state index contributed by atoms with van der Waals surface area (Å²) in [6.45, 7) is 2.07. The van der Waals surface area contributed by atoms with Gasteiger partial charge in [0, 0.05) is 23.1 Å². The number of Topliss-reactive ketones (excluding diaryl/α,β-unsaturated/α-hetero) is 1.